The van der Waals surface area contributed by atoms with E-state index in [1.54, 1.807) is 6.08 Å². The van der Waals surface area contributed by atoms with Crippen molar-refractivity contribution in [2.75, 3.05) is 13.2 Å². The van der Waals surface area contributed by atoms with E-state index in [-0.39, 0.29) is 25.5 Å². The summed E-state index contributed by atoms with van der Waals surface area (Å²) < 4.78 is 5.53. The Morgan fingerprint density at radius 1 is 1.06 bits per heavy atom. The monoisotopic (exact) mass is 464 g/mol. The number of nitrogens with one attached hydrogen (secondary N) is 2. The van der Waals surface area contributed by atoms with Crippen molar-refractivity contribution in [3.05, 3.63) is 72.3 Å². The highest BCUT2D eigenvalue weighted by Gasteiger charge is 2.29. The molecule has 34 heavy (non-hydrogen) atoms. The third-order valence-corrected chi connectivity index (χ3v) is 6.12. The van der Waals surface area contributed by atoms with Crippen LogP contribution in [-0.2, 0) is 14.3 Å². The topological polar surface area (TPSA) is 105 Å². The van der Waals surface area contributed by atoms with E-state index in [1.807, 2.05) is 43.3 Å². The molecule has 0 saturated carbocycles. The molecule has 0 heterocycles. The van der Waals surface area contributed by atoms with Crippen molar-refractivity contribution in [2.24, 2.45) is 5.92 Å². The van der Waals surface area contributed by atoms with E-state index < -0.39 is 29.9 Å². The number of fused-ring (bicyclic) bond motifs is 3. The van der Waals surface area contributed by atoms with Crippen LogP contribution in [0, 0.1) is 5.92 Å². The Hall–Kier alpha value is -3.61. The molecule has 7 nitrogen and oxygen atoms in total. The summed E-state index contributed by atoms with van der Waals surface area (Å²) in [5.41, 5.74) is 4.55. The van der Waals surface area contributed by atoms with E-state index in [0.717, 1.165) is 28.7 Å². The number of carboxylic acids is 1. The van der Waals surface area contributed by atoms with Gasteiger partial charge >= 0.3 is 12.1 Å². The Labute approximate surface area is 200 Å². The number of benzene rings is 2. The molecule has 0 aliphatic heterocycles. The van der Waals surface area contributed by atoms with Crippen LogP contribution < -0.4 is 10.6 Å². The molecule has 2 unspecified atom stereocenters. The summed E-state index contributed by atoms with van der Waals surface area (Å²) in [6.07, 6.45) is 3.00. The first-order chi connectivity index (χ1) is 16.5. The Morgan fingerprint density at radius 2 is 1.68 bits per heavy atom. The standard InChI is InChI=1S/C27H32N2O5/c1-3-5-15-24(26(31)32)29-25(30)18(10-4-2)16-28-27(33)34-17-23-21-13-8-6-11-19(21)20-12-7-9-14-22(20)23/h3,6-9,11-14,18,23-24H,1,4-5,10,15-17H2,2H3,(H,28,33)(H,29,30)(H,31,32). The average Bonchev–Trinajstić information content (AvgIpc) is 3.16. The molecule has 0 spiro atoms. The third kappa shape index (κ3) is 6.04. The van der Waals surface area contributed by atoms with Gasteiger partial charge in [0.1, 0.15) is 12.6 Å². The van der Waals surface area contributed by atoms with Gasteiger partial charge in [0.15, 0.2) is 0 Å². The molecule has 180 valence electrons. The van der Waals surface area contributed by atoms with Gasteiger partial charge in [-0.05, 0) is 41.5 Å². The number of carbonyl (C=O) groups excluding carboxylic acids is 2. The van der Waals surface area contributed by atoms with Gasteiger partial charge in [0.05, 0.1) is 5.92 Å². The van der Waals surface area contributed by atoms with Crippen LogP contribution in [0.5, 0.6) is 0 Å². The number of allylic oxidation sites excluding steroid dienone is 1. The number of hydrogen-bond donors (Lipinski definition) is 3. The molecule has 7 heteroatoms. The Bertz CT molecular complexity index is 990. The summed E-state index contributed by atoms with van der Waals surface area (Å²) in [4.78, 5) is 36.6. The fourth-order valence-corrected chi connectivity index (χ4v) is 4.36. The summed E-state index contributed by atoms with van der Waals surface area (Å²) in [5.74, 6) is -2.07. The minimum absolute atomic E-state index is 0.0472. The molecule has 0 aromatic heterocycles. The Kier molecular flexibility index (Phi) is 8.85. The lowest BCUT2D eigenvalue weighted by molar-refractivity contribution is -0.142. The SMILES string of the molecule is C=CCCC(NC(=O)C(CCC)CNC(=O)OCC1c2ccccc2-c2ccccc21)C(=O)O. The fourth-order valence-electron chi connectivity index (χ4n) is 4.36. The van der Waals surface area contributed by atoms with Crippen molar-refractivity contribution in [3.8, 4) is 11.1 Å². The second-order valence-electron chi connectivity index (χ2n) is 8.46. The summed E-state index contributed by atoms with van der Waals surface area (Å²) >= 11 is 0. The highest BCUT2D eigenvalue weighted by atomic mass is 16.5. The maximum absolute atomic E-state index is 12.7. The molecule has 2 amide bonds. The van der Waals surface area contributed by atoms with Gasteiger partial charge in [-0.15, -0.1) is 6.58 Å². The zero-order chi connectivity index (χ0) is 24.5. The second kappa shape index (κ2) is 12.0. The molecule has 2 aromatic rings. The van der Waals surface area contributed by atoms with Crippen LogP contribution in [0.2, 0.25) is 0 Å². The van der Waals surface area contributed by atoms with Gasteiger partial charge in [0, 0.05) is 12.5 Å². The first kappa shape index (κ1) is 25.0. The summed E-state index contributed by atoms with van der Waals surface area (Å²) in [7, 11) is 0. The first-order valence-electron chi connectivity index (χ1n) is 11.7. The van der Waals surface area contributed by atoms with Crippen LogP contribution in [0.1, 0.15) is 49.7 Å². The molecule has 2 atom stereocenters. The quantitative estimate of drug-likeness (QED) is 0.402. The molecule has 0 saturated heterocycles. The Balaban J connectivity index is 1.56. The maximum Gasteiger partial charge on any atom is 0.407 e. The van der Waals surface area contributed by atoms with E-state index in [9.17, 15) is 19.5 Å². The van der Waals surface area contributed by atoms with Crippen molar-refractivity contribution in [2.45, 2.75) is 44.6 Å². The van der Waals surface area contributed by atoms with Crippen LogP contribution in [0.15, 0.2) is 61.2 Å². The first-order valence-corrected chi connectivity index (χ1v) is 11.7. The van der Waals surface area contributed by atoms with Gasteiger partial charge in [-0.25, -0.2) is 9.59 Å². The van der Waals surface area contributed by atoms with Crippen LogP contribution in [0.3, 0.4) is 0 Å². The van der Waals surface area contributed by atoms with Gasteiger partial charge in [-0.3, -0.25) is 4.79 Å². The zero-order valence-corrected chi connectivity index (χ0v) is 19.5. The summed E-state index contributed by atoms with van der Waals surface area (Å²) in [5, 5.41) is 14.6. The second-order valence-corrected chi connectivity index (χ2v) is 8.46. The Morgan fingerprint density at radius 3 is 2.24 bits per heavy atom. The lowest BCUT2D eigenvalue weighted by atomic mass is 9.98. The van der Waals surface area contributed by atoms with E-state index in [2.05, 4.69) is 29.3 Å². The van der Waals surface area contributed by atoms with E-state index in [4.69, 9.17) is 4.74 Å². The third-order valence-electron chi connectivity index (χ3n) is 6.12. The van der Waals surface area contributed by atoms with E-state index in [1.165, 1.54) is 0 Å². The highest BCUT2D eigenvalue weighted by molar-refractivity contribution is 5.85. The van der Waals surface area contributed by atoms with E-state index >= 15 is 0 Å². The van der Waals surface area contributed by atoms with Crippen molar-refractivity contribution < 1.29 is 24.2 Å². The van der Waals surface area contributed by atoms with Crippen molar-refractivity contribution >= 4 is 18.0 Å². The van der Waals surface area contributed by atoms with E-state index in [0.29, 0.717) is 12.8 Å². The lowest BCUT2D eigenvalue weighted by Gasteiger charge is -2.20. The average molecular weight is 465 g/mol. The fraction of sp³-hybridized carbons (Fsp3) is 0.370. The zero-order valence-electron chi connectivity index (χ0n) is 19.5. The van der Waals surface area contributed by atoms with Gasteiger partial charge in [-0.2, -0.15) is 0 Å². The molecule has 0 fully saturated rings. The number of aliphatic carboxylic acids is 1. The molecule has 3 N–H and O–H groups in total. The van der Waals surface area contributed by atoms with Gasteiger partial charge in [-0.1, -0.05) is 68.0 Å². The molecule has 0 radical (unpaired) electrons. The smallest absolute Gasteiger partial charge is 0.407 e. The normalized spacial score (nSPS) is 13.8. The maximum atomic E-state index is 12.7. The van der Waals surface area contributed by atoms with Gasteiger partial charge in [0.25, 0.3) is 0 Å². The number of rotatable bonds is 12. The number of carbonyl (C=O) groups is 3. The minimum Gasteiger partial charge on any atom is -0.480 e. The molecule has 2 aromatic carbocycles. The molecule has 3 rings (SSSR count). The van der Waals surface area contributed by atoms with Crippen molar-refractivity contribution in [1.82, 2.24) is 10.6 Å². The predicted molar refractivity (Wildman–Crippen MR) is 130 cm³/mol. The number of amides is 2. The lowest BCUT2D eigenvalue weighted by Crippen LogP contribution is -2.46. The number of ether oxygens (including phenoxy) is 1. The predicted octanol–water partition coefficient (Wildman–Crippen LogP) is 4.48. The molecule has 1 aliphatic carbocycles. The minimum atomic E-state index is -1.09. The van der Waals surface area contributed by atoms with Crippen LogP contribution in [0.4, 0.5) is 4.79 Å². The number of carboxylic acid groups (broad SMARTS) is 1. The van der Waals surface area contributed by atoms with Crippen LogP contribution in [-0.4, -0.2) is 42.3 Å². The largest absolute Gasteiger partial charge is 0.480 e. The summed E-state index contributed by atoms with van der Waals surface area (Å²) in [6, 6.07) is 15.2. The molecule has 0 bridgehead atoms. The van der Waals surface area contributed by atoms with Gasteiger partial charge < -0.3 is 20.5 Å². The summed E-state index contributed by atoms with van der Waals surface area (Å²) in [6.45, 7) is 5.78. The number of hydrogen-bond acceptors (Lipinski definition) is 4. The van der Waals surface area contributed by atoms with Gasteiger partial charge in [0.2, 0.25) is 5.91 Å². The number of alkyl carbamates (subject to hydrolysis) is 1. The molecular formula is C27H32N2O5. The van der Waals surface area contributed by atoms with Crippen LogP contribution >= 0.6 is 0 Å². The molecular weight excluding hydrogens is 432 g/mol. The highest BCUT2D eigenvalue weighted by Crippen LogP contribution is 2.44. The van der Waals surface area contributed by atoms with Crippen molar-refractivity contribution in [3.63, 3.8) is 0 Å². The molecule has 1 aliphatic rings. The van der Waals surface area contributed by atoms with Crippen LogP contribution in [0.25, 0.3) is 11.1 Å². The van der Waals surface area contributed by atoms with Crippen molar-refractivity contribution in [1.29, 1.82) is 0 Å².